The Morgan fingerprint density at radius 2 is 1.71 bits per heavy atom. The fourth-order valence-electron chi connectivity index (χ4n) is 2.60. The Hall–Kier alpha value is -2.36. The minimum absolute atomic E-state index is 0.711. The summed E-state index contributed by atoms with van der Waals surface area (Å²) in [5, 5.41) is 0.983. The predicted octanol–water partition coefficient (Wildman–Crippen LogP) is 3.63. The monoisotopic (exact) mass is 281 g/mol. The van der Waals surface area contributed by atoms with Crippen LogP contribution in [0.5, 0.6) is 0 Å². The summed E-state index contributed by atoms with van der Waals surface area (Å²) < 4.78 is 7.70. The maximum absolute atomic E-state index is 5.82. The lowest BCUT2D eigenvalue weighted by Gasteiger charge is -2.01. The molecule has 0 atom stereocenters. The zero-order valence-electron chi connectivity index (χ0n) is 13.1. The Morgan fingerprint density at radius 3 is 2.38 bits per heavy atom. The van der Waals surface area contributed by atoms with Gasteiger partial charge in [-0.05, 0) is 51.0 Å². The van der Waals surface area contributed by atoms with Crippen molar-refractivity contribution in [1.29, 1.82) is 0 Å². The van der Waals surface area contributed by atoms with Crippen molar-refractivity contribution >= 4 is 16.8 Å². The van der Waals surface area contributed by atoms with Gasteiger partial charge in [0, 0.05) is 12.6 Å². The van der Waals surface area contributed by atoms with E-state index in [4.69, 9.17) is 9.41 Å². The lowest BCUT2D eigenvalue weighted by molar-refractivity contribution is 0.545. The molecule has 0 unspecified atom stereocenters. The van der Waals surface area contributed by atoms with Crippen LogP contribution in [0.4, 0.5) is 5.69 Å². The van der Waals surface area contributed by atoms with Gasteiger partial charge in [0.2, 0.25) is 5.71 Å². The molecule has 2 heterocycles. The van der Waals surface area contributed by atoms with Gasteiger partial charge in [0.25, 0.3) is 0 Å². The van der Waals surface area contributed by atoms with Crippen molar-refractivity contribution in [2.45, 2.75) is 27.7 Å². The van der Waals surface area contributed by atoms with Crippen molar-refractivity contribution in [3.8, 4) is 0 Å². The summed E-state index contributed by atoms with van der Waals surface area (Å²) in [7, 11) is 1.93. The van der Waals surface area contributed by atoms with Gasteiger partial charge in [0.05, 0.1) is 17.4 Å². The van der Waals surface area contributed by atoms with E-state index in [-0.39, 0.29) is 0 Å². The number of hydrogen-bond donors (Lipinski definition) is 0. The van der Waals surface area contributed by atoms with Gasteiger partial charge in [-0.15, -0.1) is 0 Å². The molecule has 108 valence electrons. The summed E-state index contributed by atoms with van der Waals surface area (Å²) in [4.78, 5) is 9.19. The molecule has 4 nitrogen and oxygen atoms in total. The molecule has 0 aliphatic rings. The molecule has 0 aliphatic heterocycles. The lowest BCUT2D eigenvalue weighted by atomic mass is 10.1. The summed E-state index contributed by atoms with van der Waals surface area (Å²) in [6, 6.07) is 6.27. The van der Waals surface area contributed by atoms with Crippen LogP contribution < -0.4 is 5.49 Å². The molecule has 1 aromatic carbocycles. The summed E-state index contributed by atoms with van der Waals surface area (Å²) >= 11 is 0. The zero-order valence-corrected chi connectivity index (χ0v) is 13.1. The number of fused-ring (bicyclic) bond motifs is 1. The summed E-state index contributed by atoms with van der Waals surface area (Å²) in [5.41, 5.74) is 5.94. The lowest BCUT2D eigenvalue weighted by Crippen LogP contribution is -2.11. The summed E-state index contributed by atoms with van der Waals surface area (Å²) in [6.45, 7) is 8.17. The van der Waals surface area contributed by atoms with Gasteiger partial charge in [0.1, 0.15) is 5.76 Å². The molecular formula is C17H19N3O. The molecule has 0 spiro atoms. The van der Waals surface area contributed by atoms with Crippen LogP contribution in [0.3, 0.4) is 0 Å². The van der Waals surface area contributed by atoms with Crippen LogP contribution in [0.15, 0.2) is 33.9 Å². The second kappa shape index (κ2) is 4.88. The molecule has 0 saturated heterocycles. The third-order valence-corrected chi connectivity index (χ3v) is 3.71. The maximum Gasteiger partial charge on any atom is 0.211 e. The Bertz CT molecular complexity index is 880. The predicted molar refractivity (Wildman–Crippen MR) is 83.6 cm³/mol. The Labute approximate surface area is 123 Å². The van der Waals surface area contributed by atoms with E-state index in [0.717, 1.165) is 28.1 Å². The van der Waals surface area contributed by atoms with Crippen LogP contribution in [-0.2, 0) is 7.05 Å². The van der Waals surface area contributed by atoms with Crippen LogP contribution in [-0.4, -0.2) is 9.55 Å². The molecule has 0 saturated carbocycles. The van der Waals surface area contributed by atoms with Crippen molar-refractivity contribution in [3.05, 3.63) is 52.5 Å². The summed E-state index contributed by atoms with van der Waals surface area (Å²) in [6.07, 6.45) is 1.74. The number of furan rings is 1. The average Bonchev–Trinajstić information content (AvgIpc) is 2.70. The molecule has 0 fully saturated rings. The SMILES string of the molecule is Cc1cc(C)cc(N=c2ncn(C)c3oc(C)c(C)c23)c1. The van der Waals surface area contributed by atoms with Crippen LogP contribution in [0.1, 0.15) is 22.5 Å². The smallest absolute Gasteiger partial charge is 0.211 e. The molecule has 2 aromatic heterocycles. The van der Waals surface area contributed by atoms with E-state index in [1.165, 1.54) is 11.1 Å². The second-order valence-electron chi connectivity index (χ2n) is 5.60. The highest BCUT2D eigenvalue weighted by Gasteiger charge is 2.11. The van der Waals surface area contributed by atoms with Crippen LogP contribution >= 0.6 is 0 Å². The van der Waals surface area contributed by atoms with E-state index in [1.807, 2.05) is 25.5 Å². The van der Waals surface area contributed by atoms with E-state index >= 15 is 0 Å². The van der Waals surface area contributed by atoms with Crippen molar-refractivity contribution in [3.63, 3.8) is 0 Å². The highest BCUT2D eigenvalue weighted by Crippen LogP contribution is 2.21. The van der Waals surface area contributed by atoms with Gasteiger partial charge in [-0.25, -0.2) is 9.98 Å². The second-order valence-corrected chi connectivity index (χ2v) is 5.60. The topological polar surface area (TPSA) is 43.3 Å². The highest BCUT2D eigenvalue weighted by molar-refractivity contribution is 5.77. The van der Waals surface area contributed by atoms with E-state index in [1.54, 1.807) is 6.33 Å². The first-order valence-corrected chi connectivity index (χ1v) is 7.00. The van der Waals surface area contributed by atoms with Gasteiger partial charge < -0.3 is 8.98 Å². The van der Waals surface area contributed by atoms with Crippen molar-refractivity contribution < 1.29 is 4.42 Å². The number of aryl methyl sites for hydroxylation is 5. The first kappa shape index (κ1) is 13.6. The molecular weight excluding hydrogens is 262 g/mol. The van der Waals surface area contributed by atoms with Crippen LogP contribution in [0.2, 0.25) is 0 Å². The van der Waals surface area contributed by atoms with Crippen molar-refractivity contribution in [1.82, 2.24) is 9.55 Å². The number of aromatic nitrogens is 2. The number of rotatable bonds is 1. The van der Waals surface area contributed by atoms with Crippen LogP contribution in [0, 0.1) is 27.7 Å². The number of benzene rings is 1. The third-order valence-electron chi connectivity index (χ3n) is 3.71. The fraction of sp³-hybridized carbons (Fsp3) is 0.294. The Morgan fingerprint density at radius 1 is 1.05 bits per heavy atom. The minimum atomic E-state index is 0.711. The average molecular weight is 281 g/mol. The number of nitrogens with zero attached hydrogens (tertiary/aromatic N) is 3. The third kappa shape index (κ3) is 2.37. The van der Waals surface area contributed by atoms with Crippen LogP contribution in [0.25, 0.3) is 11.1 Å². The quantitative estimate of drug-likeness (QED) is 0.683. The fourth-order valence-corrected chi connectivity index (χ4v) is 2.60. The van der Waals surface area contributed by atoms with Crippen molar-refractivity contribution in [2.24, 2.45) is 12.0 Å². The Kier molecular flexibility index (Phi) is 3.16. The molecule has 4 heteroatoms. The molecule has 0 aliphatic carbocycles. The summed E-state index contributed by atoms with van der Waals surface area (Å²) in [5.74, 6) is 0.908. The van der Waals surface area contributed by atoms with Crippen molar-refractivity contribution in [2.75, 3.05) is 0 Å². The maximum atomic E-state index is 5.82. The van der Waals surface area contributed by atoms with Gasteiger partial charge in [-0.1, -0.05) is 6.07 Å². The van der Waals surface area contributed by atoms with E-state index in [9.17, 15) is 0 Å². The van der Waals surface area contributed by atoms with E-state index < -0.39 is 0 Å². The zero-order chi connectivity index (χ0) is 15.1. The molecule has 3 aromatic rings. The molecule has 0 radical (unpaired) electrons. The molecule has 0 amide bonds. The first-order valence-electron chi connectivity index (χ1n) is 7.00. The van der Waals surface area contributed by atoms with E-state index in [0.29, 0.717) is 5.49 Å². The van der Waals surface area contributed by atoms with Gasteiger partial charge in [-0.3, -0.25) is 0 Å². The number of hydrogen-bond acceptors (Lipinski definition) is 3. The normalized spacial score (nSPS) is 12.3. The minimum Gasteiger partial charge on any atom is -0.444 e. The largest absolute Gasteiger partial charge is 0.444 e. The highest BCUT2D eigenvalue weighted by atomic mass is 16.3. The van der Waals surface area contributed by atoms with Gasteiger partial charge >= 0.3 is 0 Å². The first-order chi connectivity index (χ1) is 9.95. The standard InChI is InChI=1S/C17H19N3O/c1-10-6-11(2)8-14(7-10)19-16-15-12(3)13(4)21-17(15)20(5)9-18-16/h6-9H,1-5H3. The Balaban J connectivity index is 2.34. The molecule has 3 rings (SSSR count). The molecule has 0 N–H and O–H groups in total. The van der Waals surface area contributed by atoms with E-state index in [2.05, 4.69) is 37.0 Å². The van der Waals surface area contributed by atoms with Gasteiger partial charge in [0.15, 0.2) is 5.49 Å². The van der Waals surface area contributed by atoms with Gasteiger partial charge in [-0.2, -0.15) is 0 Å². The molecule has 0 bridgehead atoms. The molecule has 21 heavy (non-hydrogen) atoms.